The molecule has 1 atom stereocenters. The molecule has 0 bridgehead atoms. The fraction of sp³-hybridized carbons (Fsp3) is 0.611. The smallest absolute Gasteiger partial charge is 0.244 e. The number of piperazine rings is 1. The van der Waals surface area contributed by atoms with Gasteiger partial charge in [-0.05, 0) is 37.7 Å². The molecule has 128 valence electrons. The number of hydrogen-bond acceptors (Lipinski definition) is 4. The van der Waals surface area contributed by atoms with Crippen molar-refractivity contribution in [1.29, 1.82) is 0 Å². The van der Waals surface area contributed by atoms with Gasteiger partial charge in [-0.2, -0.15) is 0 Å². The van der Waals surface area contributed by atoms with E-state index in [2.05, 4.69) is 24.1 Å². The van der Waals surface area contributed by atoms with E-state index in [9.17, 15) is 4.79 Å². The molecule has 0 spiro atoms. The Morgan fingerprint density at radius 3 is 2.30 bits per heavy atom. The van der Waals surface area contributed by atoms with Crippen molar-refractivity contribution in [1.82, 2.24) is 15.1 Å². The SMILES string of the molecule is CCOc1ccc(C(C(=O)N2CCNCC2)N(CC)CC)cc1. The fourth-order valence-electron chi connectivity index (χ4n) is 3.07. The molecular weight excluding hydrogens is 290 g/mol. The highest BCUT2D eigenvalue weighted by Gasteiger charge is 2.30. The molecule has 1 saturated heterocycles. The van der Waals surface area contributed by atoms with Crippen LogP contribution in [0.4, 0.5) is 0 Å². The predicted octanol–water partition coefficient (Wildman–Crippen LogP) is 1.90. The van der Waals surface area contributed by atoms with E-state index < -0.39 is 0 Å². The molecule has 1 aliphatic rings. The normalized spacial score (nSPS) is 16.4. The maximum Gasteiger partial charge on any atom is 0.244 e. The lowest BCUT2D eigenvalue weighted by molar-refractivity contribution is -0.137. The van der Waals surface area contributed by atoms with Gasteiger partial charge in [-0.3, -0.25) is 9.69 Å². The quantitative estimate of drug-likeness (QED) is 0.834. The lowest BCUT2D eigenvalue weighted by atomic mass is 10.0. The van der Waals surface area contributed by atoms with Crippen molar-refractivity contribution in [2.45, 2.75) is 26.8 Å². The number of likely N-dealkylation sites (N-methyl/N-ethyl adjacent to an activating group) is 1. The minimum atomic E-state index is -0.209. The molecular formula is C18H29N3O2. The molecule has 1 heterocycles. The molecule has 2 rings (SSSR count). The third-order valence-electron chi connectivity index (χ3n) is 4.35. The van der Waals surface area contributed by atoms with E-state index in [1.807, 2.05) is 36.1 Å². The molecule has 1 unspecified atom stereocenters. The predicted molar refractivity (Wildman–Crippen MR) is 92.7 cm³/mol. The fourth-order valence-corrected chi connectivity index (χ4v) is 3.07. The van der Waals surface area contributed by atoms with Gasteiger partial charge in [0.05, 0.1) is 6.61 Å². The molecule has 5 heteroatoms. The molecule has 1 amide bonds. The number of amides is 1. The highest BCUT2D eigenvalue weighted by Crippen LogP contribution is 2.25. The monoisotopic (exact) mass is 319 g/mol. The first-order chi connectivity index (χ1) is 11.2. The Labute approximate surface area is 139 Å². The van der Waals surface area contributed by atoms with E-state index in [1.165, 1.54) is 0 Å². The summed E-state index contributed by atoms with van der Waals surface area (Å²) >= 11 is 0. The number of nitrogens with one attached hydrogen (secondary N) is 1. The third kappa shape index (κ3) is 4.45. The van der Waals surface area contributed by atoms with Crippen LogP contribution < -0.4 is 10.1 Å². The van der Waals surface area contributed by atoms with Crippen molar-refractivity contribution in [2.75, 3.05) is 45.9 Å². The first kappa shape index (κ1) is 17.8. The Hall–Kier alpha value is -1.59. The first-order valence-electron chi connectivity index (χ1n) is 8.67. The van der Waals surface area contributed by atoms with Crippen molar-refractivity contribution in [3.8, 4) is 5.75 Å². The summed E-state index contributed by atoms with van der Waals surface area (Å²) in [4.78, 5) is 17.3. The van der Waals surface area contributed by atoms with Crippen molar-refractivity contribution < 1.29 is 9.53 Å². The first-order valence-corrected chi connectivity index (χ1v) is 8.67. The standard InChI is InChI=1S/C18H29N3O2/c1-4-20(5-2)17(18(22)21-13-11-19-12-14-21)15-7-9-16(10-8-15)23-6-3/h7-10,17,19H,4-6,11-14H2,1-3H3. The number of benzene rings is 1. The molecule has 23 heavy (non-hydrogen) atoms. The largest absolute Gasteiger partial charge is 0.494 e. The molecule has 1 fully saturated rings. The second-order valence-corrected chi connectivity index (χ2v) is 5.70. The third-order valence-corrected chi connectivity index (χ3v) is 4.35. The summed E-state index contributed by atoms with van der Waals surface area (Å²) in [5.41, 5.74) is 1.04. The highest BCUT2D eigenvalue weighted by molar-refractivity contribution is 5.83. The topological polar surface area (TPSA) is 44.8 Å². The highest BCUT2D eigenvalue weighted by atomic mass is 16.5. The van der Waals surface area contributed by atoms with Gasteiger partial charge in [0.1, 0.15) is 11.8 Å². The Morgan fingerprint density at radius 2 is 1.78 bits per heavy atom. The number of nitrogens with zero attached hydrogens (tertiary/aromatic N) is 2. The van der Waals surface area contributed by atoms with E-state index in [0.29, 0.717) is 6.61 Å². The number of carbonyl (C=O) groups is 1. The zero-order valence-corrected chi connectivity index (χ0v) is 14.5. The molecule has 0 radical (unpaired) electrons. The van der Waals surface area contributed by atoms with Gasteiger partial charge in [-0.1, -0.05) is 26.0 Å². The van der Waals surface area contributed by atoms with Gasteiger partial charge in [0, 0.05) is 26.2 Å². The molecule has 1 aromatic rings. The Kier molecular flexibility index (Phi) is 6.86. The summed E-state index contributed by atoms with van der Waals surface area (Å²) < 4.78 is 5.51. The molecule has 0 aliphatic carbocycles. The van der Waals surface area contributed by atoms with Crippen LogP contribution in [0.5, 0.6) is 5.75 Å². The maximum atomic E-state index is 13.1. The van der Waals surface area contributed by atoms with Gasteiger partial charge < -0.3 is 15.0 Å². The van der Waals surface area contributed by atoms with Crippen molar-refractivity contribution in [3.05, 3.63) is 29.8 Å². The van der Waals surface area contributed by atoms with Crippen LogP contribution in [0.3, 0.4) is 0 Å². The van der Waals surface area contributed by atoms with Crippen molar-refractivity contribution >= 4 is 5.91 Å². The van der Waals surface area contributed by atoms with Crippen LogP contribution in [0.15, 0.2) is 24.3 Å². The molecule has 5 nitrogen and oxygen atoms in total. The summed E-state index contributed by atoms with van der Waals surface area (Å²) in [6, 6.07) is 7.75. The summed E-state index contributed by atoms with van der Waals surface area (Å²) in [7, 11) is 0. The zero-order valence-electron chi connectivity index (χ0n) is 14.5. The van der Waals surface area contributed by atoms with E-state index in [0.717, 1.165) is 50.6 Å². The number of ether oxygens (including phenoxy) is 1. The van der Waals surface area contributed by atoms with Crippen molar-refractivity contribution in [3.63, 3.8) is 0 Å². The van der Waals surface area contributed by atoms with E-state index >= 15 is 0 Å². The molecule has 1 N–H and O–H groups in total. The maximum absolute atomic E-state index is 13.1. The molecule has 0 saturated carbocycles. The molecule has 1 aromatic carbocycles. The van der Waals surface area contributed by atoms with Crippen LogP contribution in [-0.4, -0.2) is 61.6 Å². The minimum absolute atomic E-state index is 0.208. The average Bonchev–Trinajstić information content (AvgIpc) is 2.61. The van der Waals surface area contributed by atoms with Crippen LogP contribution in [0, 0.1) is 0 Å². The summed E-state index contributed by atoms with van der Waals surface area (Å²) in [6.45, 7) is 11.9. The second kappa shape index (κ2) is 8.89. The van der Waals surface area contributed by atoms with Crippen LogP contribution in [0.25, 0.3) is 0 Å². The number of rotatable bonds is 7. The minimum Gasteiger partial charge on any atom is -0.494 e. The van der Waals surface area contributed by atoms with Gasteiger partial charge in [-0.15, -0.1) is 0 Å². The van der Waals surface area contributed by atoms with Crippen molar-refractivity contribution in [2.24, 2.45) is 0 Å². The van der Waals surface area contributed by atoms with Crippen LogP contribution >= 0.6 is 0 Å². The Morgan fingerprint density at radius 1 is 1.17 bits per heavy atom. The van der Waals surface area contributed by atoms with E-state index in [1.54, 1.807) is 0 Å². The van der Waals surface area contributed by atoms with Crippen LogP contribution in [-0.2, 0) is 4.79 Å². The van der Waals surface area contributed by atoms with E-state index in [4.69, 9.17) is 4.74 Å². The summed E-state index contributed by atoms with van der Waals surface area (Å²) in [5, 5.41) is 3.30. The molecule has 0 aromatic heterocycles. The Balaban J connectivity index is 2.23. The molecule has 1 aliphatic heterocycles. The second-order valence-electron chi connectivity index (χ2n) is 5.70. The van der Waals surface area contributed by atoms with Gasteiger partial charge in [0.2, 0.25) is 5.91 Å². The number of hydrogen-bond donors (Lipinski definition) is 1. The van der Waals surface area contributed by atoms with Gasteiger partial charge in [0.15, 0.2) is 0 Å². The Bertz CT molecular complexity index is 480. The lowest BCUT2D eigenvalue weighted by Gasteiger charge is -2.35. The van der Waals surface area contributed by atoms with Gasteiger partial charge >= 0.3 is 0 Å². The lowest BCUT2D eigenvalue weighted by Crippen LogP contribution is -2.50. The van der Waals surface area contributed by atoms with E-state index in [-0.39, 0.29) is 11.9 Å². The van der Waals surface area contributed by atoms with Crippen LogP contribution in [0.1, 0.15) is 32.4 Å². The zero-order chi connectivity index (χ0) is 16.7. The van der Waals surface area contributed by atoms with Gasteiger partial charge in [-0.25, -0.2) is 0 Å². The number of carbonyl (C=O) groups excluding carboxylic acids is 1. The summed E-state index contributed by atoms with van der Waals surface area (Å²) in [6.07, 6.45) is 0. The van der Waals surface area contributed by atoms with Gasteiger partial charge in [0.25, 0.3) is 0 Å². The average molecular weight is 319 g/mol. The summed E-state index contributed by atoms with van der Waals surface area (Å²) in [5.74, 6) is 1.06. The van der Waals surface area contributed by atoms with Crippen LogP contribution in [0.2, 0.25) is 0 Å².